The van der Waals surface area contributed by atoms with E-state index in [9.17, 15) is 0 Å². The molecule has 4 unspecified atom stereocenters. The summed E-state index contributed by atoms with van der Waals surface area (Å²) in [6.07, 6.45) is 25.0. The van der Waals surface area contributed by atoms with E-state index in [2.05, 4.69) is 110 Å². The third-order valence-corrected chi connectivity index (χ3v) is 15.3. The Morgan fingerprint density at radius 2 is 0.807 bits per heavy atom. The number of benzene rings is 7. The summed E-state index contributed by atoms with van der Waals surface area (Å²) in [5, 5.41) is 0. The highest BCUT2D eigenvalue weighted by molar-refractivity contribution is 5.82. The summed E-state index contributed by atoms with van der Waals surface area (Å²) in [7, 11) is 18.3. The van der Waals surface area contributed by atoms with Gasteiger partial charge in [-0.2, -0.15) is 0 Å². The van der Waals surface area contributed by atoms with Gasteiger partial charge in [0.1, 0.15) is 5.75 Å². The number of allylic oxidation sites excluding steroid dienone is 4. The van der Waals surface area contributed by atoms with Gasteiger partial charge in [-0.3, -0.25) is 0 Å². The molecule has 0 aromatic heterocycles. The molecule has 2 aliphatic rings. The Kier molecular flexibility index (Phi) is 23.5. The van der Waals surface area contributed by atoms with Crippen LogP contribution in [0.2, 0.25) is 0 Å². The minimum Gasteiger partial charge on any atom is -0.496 e. The van der Waals surface area contributed by atoms with Gasteiger partial charge in [-0.25, -0.2) is 0 Å². The molecule has 4 atom stereocenters. The molecule has 1 fully saturated rings. The second kappa shape index (κ2) is 31.5. The van der Waals surface area contributed by atoms with Crippen LogP contribution in [0.15, 0.2) is 158 Å². The van der Waals surface area contributed by atoms with Crippen molar-refractivity contribution < 1.29 is 52.1 Å². The standard InChI is InChI=1S/C24H28O4.C24H24O4.C24H30O3/c2*1-25-21-13-10-17(15-23(21)27-3)9-11-18-7-5-6-8-20(18)19-12-14-22(26-2)24(16-19)28-4;1-17-9-10-18(15-23(17)26-3)11-12-19-7-5-6-8-21(19)20-13-14-22(25-2)24(16-20)27-4/h6,8-16,18,20H,5,7H2,1-4H3;5-16H,1-4H3;9-16,19,21H,5-8H2,1-4H3/b2*11-9+;12-11+. The summed E-state index contributed by atoms with van der Waals surface area (Å²) >= 11 is 0. The van der Waals surface area contributed by atoms with Gasteiger partial charge >= 0.3 is 0 Å². The van der Waals surface area contributed by atoms with Gasteiger partial charge in [0, 0.05) is 5.92 Å². The number of methoxy groups -OCH3 is 11. The molecule has 0 bridgehead atoms. The van der Waals surface area contributed by atoms with Crippen molar-refractivity contribution in [2.45, 2.75) is 57.3 Å². The predicted molar refractivity (Wildman–Crippen MR) is 337 cm³/mol. The van der Waals surface area contributed by atoms with Gasteiger partial charge in [-0.1, -0.05) is 128 Å². The van der Waals surface area contributed by atoms with Crippen LogP contribution in [0, 0.1) is 18.8 Å². The zero-order chi connectivity index (χ0) is 59.1. The predicted octanol–water partition coefficient (Wildman–Crippen LogP) is 17.1. The molecule has 11 heteroatoms. The van der Waals surface area contributed by atoms with Crippen molar-refractivity contribution >= 4 is 24.3 Å². The lowest BCUT2D eigenvalue weighted by atomic mass is 9.75. The van der Waals surface area contributed by atoms with Crippen molar-refractivity contribution in [3.8, 4) is 74.4 Å². The van der Waals surface area contributed by atoms with E-state index in [1.165, 1.54) is 42.4 Å². The minimum absolute atomic E-state index is 0.310. The lowest BCUT2D eigenvalue weighted by Gasteiger charge is -2.30. The zero-order valence-electron chi connectivity index (χ0n) is 50.4. The van der Waals surface area contributed by atoms with E-state index in [0.717, 1.165) is 86.5 Å². The van der Waals surface area contributed by atoms with Crippen LogP contribution in [0.1, 0.15) is 89.3 Å². The van der Waals surface area contributed by atoms with Crippen LogP contribution in [-0.4, -0.2) is 78.2 Å². The lowest BCUT2D eigenvalue weighted by molar-refractivity contribution is 0.346. The number of hydrogen-bond donors (Lipinski definition) is 0. The van der Waals surface area contributed by atoms with Crippen molar-refractivity contribution in [3.63, 3.8) is 0 Å². The molecular weight excluding hydrogens is 1040 g/mol. The molecule has 0 radical (unpaired) electrons. The molecule has 0 aliphatic heterocycles. The first-order chi connectivity index (χ1) is 40.5. The number of hydrogen-bond acceptors (Lipinski definition) is 11. The Labute approximate surface area is 492 Å². The molecule has 0 N–H and O–H groups in total. The molecule has 436 valence electrons. The zero-order valence-corrected chi connectivity index (χ0v) is 50.4. The second-order valence-electron chi connectivity index (χ2n) is 20.1. The van der Waals surface area contributed by atoms with Crippen LogP contribution >= 0.6 is 0 Å². The van der Waals surface area contributed by atoms with Gasteiger partial charge in [-0.05, 0) is 167 Å². The summed E-state index contributed by atoms with van der Waals surface area (Å²) in [6, 6.07) is 44.9. The Bertz CT molecular complexity index is 3320. The average molecular weight is 1120 g/mol. The van der Waals surface area contributed by atoms with E-state index in [1.807, 2.05) is 78.9 Å². The van der Waals surface area contributed by atoms with Crippen LogP contribution in [-0.2, 0) is 0 Å². The number of ether oxygens (including phenoxy) is 11. The van der Waals surface area contributed by atoms with Gasteiger partial charge in [-0.15, -0.1) is 0 Å². The maximum Gasteiger partial charge on any atom is 0.161 e. The maximum atomic E-state index is 5.51. The topological polar surface area (TPSA) is 102 Å². The van der Waals surface area contributed by atoms with Crippen molar-refractivity contribution in [2.75, 3.05) is 78.2 Å². The number of rotatable bonds is 20. The van der Waals surface area contributed by atoms with E-state index in [1.54, 1.807) is 78.2 Å². The molecule has 0 spiro atoms. The largest absolute Gasteiger partial charge is 0.496 e. The minimum atomic E-state index is 0.310. The van der Waals surface area contributed by atoms with E-state index < -0.39 is 0 Å². The molecular formula is C72H82O11. The Hall–Kier alpha value is -8.70. The first kappa shape index (κ1) is 61.9. The molecule has 0 saturated heterocycles. The van der Waals surface area contributed by atoms with Crippen LogP contribution in [0.4, 0.5) is 0 Å². The molecule has 0 amide bonds. The van der Waals surface area contributed by atoms with Crippen LogP contribution in [0.5, 0.6) is 63.2 Å². The van der Waals surface area contributed by atoms with E-state index in [4.69, 9.17) is 52.1 Å². The van der Waals surface area contributed by atoms with Crippen molar-refractivity contribution in [1.82, 2.24) is 0 Å². The van der Waals surface area contributed by atoms with Crippen molar-refractivity contribution in [3.05, 3.63) is 197 Å². The number of aryl methyl sites for hydroxylation is 1. The first-order valence-electron chi connectivity index (χ1n) is 28.1. The third kappa shape index (κ3) is 16.3. The smallest absolute Gasteiger partial charge is 0.161 e. The lowest BCUT2D eigenvalue weighted by Crippen LogP contribution is -2.16. The first-order valence-corrected chi connectivity index (χ1v) is 28.1. The van der Waals surface area contributed by atoms with Gasteiger partial charge in [0.2, 0.25) is 0 Å². The van der Waals surface area contributed by atoms with Crippen LogP contribution < -0.4 is 52.1 Å². The SMILES string of the molecule is COc1cc(/C=C/C2CCCCC2c2ccc(OC)c(OC)c2)ccc1C.COc1ccc(/C=C/C2CCC=CC2c2ccc(OC)c(OC)c2)cc1OC.COc1ccc(/C=C/c2ccccc2-c2ccc(OC)c(OC)c2)cc1OC. The third-order valence-electron chi connectivity index (χ3n) is 15.3. The van der Waals surface area contributed by atoms with Gasteiger partial charge < -0.3 is 52.1 Å². The van der Waals surface area contributed by atoms with Gasteiger partial charge in [0.25, 0.3) is 0 Å². The van der Waals surface area contributed by atoms with Crippen molar-refractivity contribution in [2.24, 2.45) is 11.8 Å². The fourth-order valence-electron chi connectivity index (χ4n) is 10.8. The van der Waals surface area contributed by atoms with Gasteiger partial charge in [0.05, 0.1) is 78.2 Å². The molecule has 7 aromatic carbocycles. The summed E-state index contributed by atoms with van der Waals surface area (Å²) in [6.45, 7) is 2.07. The highest BCUT2D eigenvalue weighted by Crippen LogP contribution is 2.43. The van der Waals surface area contributed by atoms with Crippen LogP contribution in [0.3, 0.4) is 0 Å². The highest BCUT2D eigenvalue weighted by atomic mass is 16.5. The molecule has 11 nitrogen and oxygen atoms in total. The summed E-state index contributed by atoms with van der Waals surface area (Å²) in [5.74, 6) is 10.1. The molecule has 7 aromatic rings. The van der Waals surface area contributed by atoms with E-state index >= 15 is 0 Å². The molecule has 1 saturated carbocycles. The summed E-state index contributed by atoms with van der Waals surface area (Å²) < 4.78 is 59.4. The summed E-state index contributed by atoms with van der Waals surface area (Å²) in [5.41, 5.74) is 10.3. The summed E-state index contributed by atoms with van der Waals surface area (Å²) in [4.78, 5) is 0. The fraction of sp³-hybridized carbons (Fsp3) is 0.306. The van der Waals surface area contributed by atoms with Crippen molar-refractivity contribution in [1.29, 1.82) is 0 Å². The normalized spacial score (nSPS) is 16.4. The Morgan fingerprint density at radius 1 is 0.361 bits per heavy atom. The molecule has 2 aliphatic carbocycles. The Morgan fingerprint density at radius 3 is 1.39 bits per heavy atom. The van der Waals surface area contributed by atoms with E-state index in [-0.39, 0.29) is 0 Å². The molecule has 9 rings (SSSR count). The Balaban J connectivity index is 0.000000179. The maximum absolute atomic E-state index is 5.51. The highest BCUT2D eigenvalue weighted by Gasteiger charge is 2.26. The second-order valence-corrected chi connectivity index (χ2v) is 20.1. The van der Waals surface area contributed by atoms with Gasteiger partial charge in [0.15, 0.2) is 57.5 Å². The van der Waals surface area contributed by atoms with Crippen LogP contribution in [0.25, 0.3) is 35.4 Å². The fourth-order valence-corrected chi connectivity index (χ4v) is 10.8. The quantitative estimate of drug-likeness (QED) is 0.0539. The molecule has 0 heterocycles. The monoisotopic (exact) mass is 1120 g/mol. The molecule has 83 heavy (non-hydrogen) atoms. The average Bonchev–Trinajstić information content (AvgIpc) is 3.55. The van der Waals surface area contributed by atoms with E-state index in [0.29, 0.717) is 46.7 Å².